The van der Waals surface area contributed by atoms with Crippen LogP contribution in [0.25, 0.3) is 10.8 Å². The Morgan fingerprint density at radius 2 is 1.65 bits per heavy atom. The Bertz CT molecular complexity index is 772. The van der Waals surface area contributed by atoms with E-state index in [-0.39, 0.29) is 5.78 Å². The third-order valence-corrected chi connectivity index (χ3v) is 3.58. The number of benzene rings is 3. The van der Waals surface area contributed by atoms with Crippen LogP contribution in [-0.2, 0) is 6.42 Å². The number of carbonyl (C=O) groups is 1. The Morgan fingerprint density at radius 1 is 0.900 bits per heavy atom. The second-order valence-corrected chi connectivity index (χ2v) is 5.19. The van der Waals surface area contributed by atoms with Crippen molar-refractivity contribution in [1.29, 1.82) is 0 Å². The molecule has 0 spiro atoms. The van der Waals surface area contributed by atoms with E-state index in [1.807, 2.05) is 66.7 Å². The molecule has 0 aliphatic heterocycles. The highest BCUT2D eigenvalue weighted by Gasteiger charge is 2.10. The fraction of sp³-hybridized carbons (Fsp3) is 0.0556. The predicted octanol–water partition coefficient (Wildman–Crippen LogP) is 4.92. The minimum absolute atomic E-state index is 0.115. The first-order valence-corrected chi connectivity index (χ1v) is 6.87. The summed E-state index contributed by atoms with van der Waals surface area (Å²) in [6, 6.07) is 21.2. The molecule has 0 bridgehead atoms. The van der Waals surface area contributed by atoms with Crippen LogP contribution in [-0.4, -0.2) is 5.78 Å². The van der Waals surface area contributed by atoms with Crippen LogP contribution in [0, 0.1) is 0 Å². The molecule has 0 atom stereocenters. The lowest BCUT2D eigenvalue weighted by Gasteiger charge is -2.06. The Balaban J connectivity index is 1.97. The fourth-order valence-corrected chi connectivity index (χ4v) is 2.61. The van der Waals surface area contributed by atoms with Crippen molar-refractivity contribution in [1.82, 2.24) is 0 Å². The SMILES string of the molecule is O=C(Cc1cccc(Cl)c1)c1cccc2ccccc12. The van der Waals surface area contributed by atoms with Gasteiger partial charge in [-0.15, -0.1) is 0 Å². The molecule has 0 aliphatic carbocycles. The molecule has 0 aromatic heterocycles. The Labute approximate surface area is 122 Å². The molecule has 0 amide bonds. The van der Waals surface area contributed by atoms with Gasteiger partial charge in [-0.2, -0.15) is 0 Å². The predicted molar refractivity (Wildman–Crippen MR) is 83.4 cm³/mol. The van der Waals surface area contributed by atoms with E-state index in [0.29, 0.717) is 11.4 Å². The molecule has 3 aromatic carbocycles. The van der Waals surface area contributed by atoms with Crippen LogP contribution in [0.4, 0.5) is 0 Å². The van der Waals surface area contributed by atoms with Gasteiger partial charge in [0.2, 0.25) is 0 Å². The summed E-state index contributed by atoms with van der Waals surface area (Å²) >= 11 is 5.96. The lowest BCUT2D eigenvalue weighted by molar-refractivity contribution is 0.0994. The van der Waals surface area contributed by atoms with E-state index >= 15 is 0 Å². The lowest BCUT2D eigenvalue weighted by atomic mass is 9.97. The number of carbonyl (C=O) groups excluding carboxylic acids is 1. The molecule has 2 heteroatoms. The van der Waals surface area contributed by atoms with E-state index in [1.54, 1.807) is 0 Å². The summed E-state index contributed by atoms with van der Waals surface area (Å²) in [4.78, 5) is 12.5. The zero-order chi connectivity index (χ0) is 13.9. The smallest absolute Gasteiger partial charge is 0.167 e. The van der Waals surface area contributed by atoms with Gasteiger partial charge in [0.15, 0.2) is 5.78 Å². The zero-order valence-corrected chi connectivity index (χ0v) is 11.6. The van der Waals surface area contributed by atoms with Gasteiger partial charge in [-0.1, -0.05) is 66.2 Å². The third kappa shape index (κ3) is 2.59. The van der Waals surface area contributed by atoms with Gasteiger partial charge < -0.3 is 0 Å². The summed E-state index contributed by atoms with van der Waals surface area (Å²) in [7, 11) is 0. The lowest BCUT2D eigenvalue weighted by Crippen LogP contribution is -2.04. The molecule has 0 heterocycles. The maximum atomic E-state index is 12.5. The monoisotopic (exact) mass is 280 g/mol. The highest BCUT2D eigenvalue weighted by atomic mass is 35.5. The van der Waals surface area contributed by atoms with Crippen molar-refractivity contribution in [3.05, 3.63) is 82.9 Å². The van der Waals surface area contributed by atoms with Crippen LogP contribution in [0.15, 0.2) is 66.7 Å². The minimum atomic E-state index is 0.115. The van der Waals surface area contributed by atoms with Gasteiger partial charge >= 0.3 is 0 Å². The highest BCUT2D eigenvalue weighted by Crippen LogP contribution is 2.21. The van der Waals surface area contributed by atoms with Gasteiger partial charge in [-0.25, -0.2) is 0 Å². The van der Waals surface area contributed by atoms with Crippen LogP contribution in [0.3, 0.4) is 0 Å². The van der Waals surface area contributed by atoms with Crippen molar-refractivity contribution < 1.29 is 4.79 Å². The van der Waals surface area contributed by atoms with Crippen molar-refractivity contribution in [2.45, 2.75) is 6.42 Å². The van der Waals surface area contributed by atoms with Crippen molar-refractivity contribution >= 4 is 28.2 Å². The fourth-order valence-electron chi connectivity index (χ4n) is 2.40. The number of halogens is 1. The summed E-state index contributed by atoms with van der Waals surface area (Å²) in [5.74, 6) is 0.115. The van der Waals surface area contributed by atoms with Gasteiger partial charge in [0.1, 0.15) is 0 Å². The summed E-state index contributed by atoms with van der Waals surface area (Å²) in [5, 5.41) is 2.75. The van der Waals surface area contributed by atoms with Crippen molar-refractivity contribution in [2.24, 2.45) is 0 Å². The molecule has 0 unspecified atom stereocenters. The molecule has 0 radical (unpaired) electrons. The van der Waals surface area contributed by atoms with Crippen LogP contribution in [0.1, 0.15) is 15.9 Å². The number of Topliss-reactive ketones (excluding diaryl/α,β-unsaturated/α-hetero) is 1. The minimum Gasteiger partial charge on any atom is -0.294 e. The van der Waals surface area contributed by atoms with Crippen molar-refractivity contribution in [2.75, 3.05) is 0 Å². The third-order valence-electron chi connectivity index (χ3n) is 3.34. The largest absolute Gasteiger partial charge is 0.294 e. The average molecular weight is 281 g/mol. The maximum Gasteiger partial charge on any atom is 0.167 e. The van der Waals surface area contributed by atoms with Crippen LogP contribution in [0.5, 0.6) is 0 Å². The van der Waals surface area contributed by atoms with Crippen molar-refractivity contribution in [3.8, 4) is 0 Å². The van der Waals surface area contributed by atoms with Gasteiger partial charge in [0.05, 0.1) is 0 Å². The molecule has 0 fully saturated rings. The molecular formula is C18H13ClO. The van der Waals surface area contributed by atoms with Crippen molar-refractivity contribution in [3.63, 3.8) is 0 Å². The number of ketones is 1. The molecule has 1 nitrogen and oxygen atoms in total. The number of hydrogen-bond donors (Lipinski definition) is 0. The van der Waals surface area contributed by atoms with E-state index in [4.69, 9.17) is 11.6 Å². The first-order valence-electron chi connectivity index (χ1n) is 6.49. The zero-order valence-electron chi connectivity index (χ0n) is 10.8. The van der Waals surface area contributed by atoms with Crippen LogP contribution in [0.2, 0.25) is 5.02 Å². The molecule has 3 aromatic rings. The first kappa shape index (κ1) is 12.9. The maximum absolute atomic E-state index is 12.5. The topological polar surface area (TPSA) is 17.1 Å². The average Bonchev–Trinajstić information content (AvgIpc) is 2.46. The Kier molecular flexibility index (Phi) is 3.53. The summed E-state index contributed by atoms with van der Waals surface area (Å²) in [5.41, 5.74) is 1.71. The van der Waals surface area contributed by atoms with E-state index in [0.717, 1.165) is 21.9 Å². The molecule has 0 saturated heterocycles. The number of fused-ring (bicyclic) bond motifs is 1. The van der Waals surface area contributed by atoms with Gasteiger partial charge in [0, 0.05) is 17.0 Å². The highest BCUT2D eigenvalue weighted by molar-refractivity contribution is 6.30. The Morgan fingerprint density at radius 3 is 2.50 bits per heavy atom. The van der Waals surface area contributed by atoms with E-state index in [1.165, 1.54) is 0 Å². The molecule has 0 saturated carbocycles. The quantitative estimate of drug-likeness (QED) is 0.623. The van der Waals surface area contributed by atoms with E-state index < -0.39 is 0 Å². The van der Waals surface area contributed by atoms with Gasteiger partial charge in [-0.3, -0.25) is 4.79 Å². The molecule has 20 heavy (non-hydrogen) atoms. The summed E-state index contributed by atoms with van der Waals surface area (Å²) in [6.45, 7) is 0. The second kappa shape index (κ2) is 5.48. The summed E-state index contributed by atoms with van der Waals surface area (Å²) in [6.07, 6.45) is 0.370. The molecular weight excluding hydrogens is 268 g/mol. The second-order valence-electron chi connectivity index (χ2n) is 4.76. The molecule has 3 rings (SSSR count). The molecule has 0 N–H and O–H groups in total. The number of hydrogen-bond acceptors (Lipinski definition) is 1. The van der Waals surface area contributed by atoms with E-state index in [2.05, 4.69) is 0 Å². The van der Waals surface area contributed by atoms with Gasteiger partial charge in [0.25, 0.3) is 0 Å². The van der Waals surface area contributed by atoms with Crippen LogP contribution < -0.4 is 0 Å². The molecule has 98 valence electrons. The molecule has 0 aliphatic rings. The number of rotatable bonds is 3. The Hall–Kier alpha value is -2.12. The summed E-state index contributed by atoms with van der Waals surface area (Å²) < 4.78 is 0. The normalized spacial score (nSPS) is 10.7. The van der Waals surface area contributed by atoms with Gasteiger partial charge in [-0.05, 0) is 28.5 Å². The van der Waals surface area contributed by atoms with Crippen LogP contribution >= 0.6 is 11.6 Å². The van der Waals surface area contributed by atoms with E-state index in [9.17, 15) is 4.79 Å². The first-order chi connectivity index (χ1) is 9.74. The standard InChI is InChI=1S/C18H13ClO/c19-15-8-3-5-13(11-15)12-18(20)17-10-4-7-14-6-1-2-9-16(14)17/h1-11H,12H2.